The third-order valence-corrected chi connectivity index (χ3v) is 4.92. The predicted octanol–water partition coefficient (Wildman–Crippen LogP) is 5.57. The number of halogens is 1. The Hall–Kier alpha value is -1.01. The summed E-state index contributed by atoms with van der Waals surface area (Å²) in [7, 11) is 0. The quantitative estimate of drug-likeness (QED) is 0.641. The lowest BCUT2D eigenvalue weighted by Crippen LogP contribution is -2.20. The van der Waals surface area contributed by atoms with E-state index in [4.69, 9.17) is 11.6 Å². The van der Waals surface area contributed by atoms with Gasteiger partial charge in [0.05, 0.1) is 0 Å². The minimum absolute atomic E-state index is 0.307. The van der Waals surface area contributed by atoms with Crippen LogP contribution < -0.4 is 0 Å². The van der Waals surface area contributed by atoms with Gasteiger partial charge in [0.2, 0.25) is 0 Å². The molecule has 0 aliphatic heterocycles. The molecule has 0 saturated heterocycles. The van der Waals surface area contributed by atoms with E-state index in [1.165, 1.54) is 48.4 Å². The van der Waals surface area contributed by atoms with Gasteiger partial charge in [0.1, 0.15) is 0 Å². The molecule has 0 nitrogen and oxygen atoms in total. The lowest BCUT2D eigenvalue weighted by molar-refractivity contribution is 0.344. The van der Waals surface area contributed by atoms with Crippen molar-refractivity contribution in [3.05, 3.63) is 48.0 Å². The molecule has 0 amide bonds. The molecule has 0 radical (unpaired) electrons. The van der Waals surface area contributed by atoms with E-state index in [2.05, 4.69) is 42.5 Å². The molecule has 1 saturated carbocycles. The van der Waals surface area contributed by atoms with Crippen LogP contribution in [0.4, 0.5) is 0 Å². The molecule has 2 aromatic carbocycles. The SMILES string of the molecule is ClC(Cc1ccc2ccccc2c1)C1CCCCC1. The van der Waals surface area contributed by atoms with Gasteiger partial charge in [-0.25, -0.2) is 0 Å². The van der Waals surface area contributed by atoms with E-state index in [1.807, 2.05) is 0 Å². The van der Waals surface area contributed by atoms with Gasteiger partial charge in [-0.1, -0.05) is 61.7 Å². The first-order chi connectivity index (χ1) is 9.33. The Morgan fingerprint density at radius 1 is 0.947 bits per heavy atom. The summed E-state index contributed by atoms with van der Waals surface area (Å²) in [5, 5.41) is 2.95. The minimum atomic E-state index is 0.307. The van der Waals surface area contributed by atoms with Crippen molar-refractivity contribution in [2.75, 3.05) is 0 Å². The van der Waals surface area contributed by atoms with Gasteiger partial charge in [0, 0.05) is 5.38 Å². The van der Waals surface area contributed by atoms with Crippen LogP contribution in [0, 0.1) is 5.92 Å². The van der Waals surface area contributed by atoms with Gasteiger partial charge in [-0.3, -0.25) is 0 Å². The second kappa shape index (κ2) is 5.96. The number of fused-ring (bicyclic) bond motifs is 1. The molecule has 0 bridgehead atoms. The molecular formula is C18H21Cl. The zero-order valence-corrected chi connectivity index (χ0v) is 12.1. The standard InChI is InChI=1S/C18H21Cl/c19-18(16-7-2-1-3-8-16)13-14-10-11-15-6-4-5-9-17(15)12-14/h4-6,9-12,16,18H,1-3,7-8,13H2. The Balaban J connectivity index is 1.73. The molecule has 0 aromatic heterocycles. The maximum atomic E-state index is 6.65. The van der Waals surface area contributed by atoms with Gasteiger partial charge in [0.25, 0.3) is 0 Å². The molecule has 0 N–H and O–H groups in total. The van der Waals surface area contributed by atoms with E-state index in [-0.39, 0.29) is 0 Å². The molecular weight excluding hydrogens is 252 g/mol. The zero-order valence-electron chi connectivity index (χ0n) is 11.3. The number of rotatable bonds is 3. The predicted molar refractivity (Wildman–Crippen MR) is 83.9 cm³/mol. The maximum absolute atomic E-state index is 6.65. The van der Waals surface area contributed by atoms with Crippen molar-refractivity contribution in [2.45, 2.75) is 43.9 Å². The highest BCUT2D eigenvalue weighted by Gasteiger charge is 2.21. The van der Waals surface area contributed by atoms with E-state index in [1.54, 1.807) is 0 Å². The topological polar surface area (TPSA) is 0 Å². The Labute approximate surface area is 120 Å². The molecule has 19 heavy (non-hydrogen) atoms. The average Bonchev–Trinajstić information content (AvgIpc) is 2.48. The third kappa shape index (κ3) is 3.12. The number of alkyl halides is 1. The highest BCUT2D eigenvalue weighted by molar-refractivity contribution is 6.20. The fourth-order valence-corrected chi connectivity index (χ4v) is 3.68. The summed E-state index contributed by atoms with van der Waals surface area (Å²) in [4.78, 5) is 0. The van der Waals surface area contributed by atoms with Crippen LogP contribution in [0.1, 0.15) is 37.7 Å². The number of hydrogen-bond donors (Lipinski definition) is 0. The first-order valence-electron chi connectivity index (χ1n) is 7.45. The van der Waals surface area contributed by atoms with E-state index in [0.29, 0.717) is 5.38 Å². The smallest absolute Gasteiger partial charge is 0.0404 e. The number of benzene rings is 2. The molecule has 0 heterocycles. The molecule has 1 aliphatic carbocycles. The largest absolute Gasteiger partial charge is 0.122 e. The van der Waals surface area contributed by atoms with Crippen LogP contribution in [-0.2, 0) is 6.42 Å². The lowest BCUT2D eigenvalue weighted by Gasteiger charge is -2.26. The molecule has 1 heteroatoms. The Kier molecular flexibility index (Phi) is 4.08. The van der Waals surface area contributed by atoms with Crippen LogP contribution >= 0.6 is 11.6 Å². The lowest BCUT2D eigenvalue weighted by atomic mass is 9.84. The summed E-state index contributed by atoms with van der Waals surface area (Å²) in [5.74, 6) is 0.724. The monoisotopic (exact) mass is 272 g/mol. The van der Waals surface area contributed by atoms with Crippen molar-refractivity contribution in [1.29, 1.82) is 0 Å². The van der Waals surface area contributed by atoms with Crippen LogP contribution in [0.2, 0.25) is 0 Å². The van der Waals surface area contributed by atoms with Crippen molar-refractivity contribution < 1.29 is 0 Å². The summed E-state index contributed by atoms with van der Waals surface area (Å²) in [6.07, 6.45) is 7.79. The van der Waals surface area contributed by atoms with E-state index in [9.17, 15) is 0 Å². The molecule has 0 spiro atoms. The number of hydrogen-bond acceptors (Lipinski definition) is 0. The van der Waals surface area contributed by atoms with Crippen molar-refractivity contribution in [3.63, 3.8) is 0 Å². The summed E-state index contributed by atoms with van der Waals surface area (Å²) < 4.78 is 0. The normalized spacial score (nSPS) is 18.6. The van der Waals surface area contributed by atoms with Crippen LogP contribution in [0.25, 0.3) is 10.8 Å². The van der Waals surface area contributed by atoms with Gasteiger partial charge in [-0.05, 0) is 41.5 Å². The Bertz CT molecular complexity index is 540. The van der Waals surface area contributed by atoms with E-state index in [0.717, 1.165) is 12.3 Å². The Morgan fingerprint density at radius 3 is 2.47 bits per heavy atom. The average molecular weight is 273 g/mol. The molecule has 2 aromatic rings. The van der Waals surface area contributed by atoms with Crippen molar-refractivity contribution in [3.8, 4) is 0 Å². The molecule has 100 valence electrons. The fraction of sp³-hybridized carbons (Fsp3) is 0.444. The Morgan fingerprint density at radius 2 is 1.68 bits per heavy atom. The highest BCUT2D eigenvalue weighted by atomic mass is 35.5. The van der Waals surface area contributed by atoms with Crippen LogP contribution in [0.15, 0.2) is 42.5 Å². The summed E-state index contributed by atoms with van der Waals surface area (Å²) in [6, 6.07) is 15.3. The van der Waals surface area contributed by atoms with E-state index >= 15 is 0 Å². The van der Waals surface area contributed by atoms with Gasteiger partial charge in [-0.15, -0.1) is 11.6 Å². The first-order valence-corrected chi connectivity index (χ1v) is 7.88. The van der Waals surface area contributed by atoms with Crippen molar-refractivity contribution in [2.24, 2.45) is 5.92 Å². The van der Waals surface area contributed by atoms with Crippen molar-refractivity contribution in [1.82, 2.24) is 0 Å². The van der Waals surface area contributed by atoms with Gasteiger partial charge < -0.3 is 0 Å². The molecule has 1 aliphatic rings. The minimum Gasteiger partial charge on any atom is -0.122 e. The van der Waals surface area contributed by atoms with Crippen LogP contribution in [-0.4, -0.2) is 5.38 Å². The molecule has 1 fully saturated rings. The highest BCUT2D eigenvalue weighted by Crippen LogP contribution is 2.31. The van der Waals surface area contributed by atoms with E-state index < -0.39 is 0 Å². The van der Waals surface area contributed by atoms with Gasteiger partial charge in [-0.2, -0.15) is 0 Å². The second-order valence-corrected chi connectivity index (χ2v) is 6.36. The second-order valence-electron chi connectivity index (χ2n) is 5.80. The summed E-state index contributed by atoms with van der Waals surface area (Å²) in [6.45, 7) is 0. The van der Waals surface area contributed by atoms with Crippen LogP contribution in [0.5, 0.6) is 0 Å². The maximum Gasteiger partial charge on any atom is 0.0404 e. The van der Waals surface area contributed by atoms with Gasteiger partial charge in [0.15, 0.2) is 0 Å². The molecule has 3 rings (SSSR count). The van der Waals surface area contributed by atoms with Gasteiger partial charge >= 0.3 is 0 Å². The molecule has 1 atom stereocenters. The fourth-order valence-electron chi connectivity index (χ4n) is 3.25. The summed E-state index contributed by atoms with van der Waals surface area (Å²) in [5.41, 5.74) is 1.38. The first kappa shape index (κ1) is 13.0. The zero-order chi connectivity index (χ0) is 13.1. The van der Waals surface area contributed by atoms with Crippen LogP contribution in [0.3, 0.4) is 0 Å². The molecule has 1 unspecified atom stereocenters. The van der Waals surface area contributed by atoms with Crippen molar-refractivity contribution >= 4 is 22.4 Å². The summed E-state index contributed by atoms with van der Waals surface area (Å²) >= 11 is 6.65. The third-order valence-electron chi connectivity index (χ3n) is 4.41.